The Bertz CT molecular complexity index is 1020. The molecule has 0 aliphatic carbocycles. The van der Waals surface area contributed by atoms with E-state index in [1.807, 2.05) is 6.07 Å². The second-order valence-corrected chi connectivity index (χ2v) is 6.65. The molecule has 1 heterocycles. The van der Waals surface area contributed by atoms with E-state index in [0.29, 0.717) is 11.1 Å². The number of aromatic nitrogens is 1. The van der Waals surface area contributed by atoms with Gasteiger partial charge in [0.2, 0.25) is 5.91 Å². The Kier molecular flexibility index (Phi) is 8.76. The maximum absolute atomic E-state index is 12.7. The Balaban J connectivity index is 2.31. The van der Waals surface area contributed by atoms with E-state index in [-0.39, 0.29) is 42.5 Å². The molecule has 2 N–H and O–H groups in total. The van der Waals surface area contributed by atoms with Crippen LogP contribution in [0.1, 0.15) is 58.4 Å². The van der Waals surface area contributed by atoms with Gasteiger partial charge in [0.1, 0.15) is 18.0 Å². The first-order valence-electron chi connectivity index (χ1n) is 10.1. The first kappa shape index (κ1) is 24.4. The predicted molar refractivity (Wildman–Crippen MR) is 115 cm³/mol. The molecule has 0 fully saturated rings. The van der Waals surface area contributed by atoms with Crippen molar-refractivity contribution in [3.63, 3.8) is 0 Å². The molecule has 0 radical (unpaired) electrons. The van der Waals surface area contributed by atoms with Crippen LogP contribution in [0.5, 0.6) is 0 Å². The molecule has 2 aromatic rings. The van der Waals surface area contributed by atoms with E-state index >= 15 is 0 Å². The molecule has 0 bridgehead atoms. The van der Waals surface area contributed by atoms with Gasteiger partial charge < -0.3 is 24.5 Å². The van der Waals surface area contributed by atoms with E-state index in [2.05, 4.69) is 10.3 Å². The van der Waals surface area contributed by atoms with Crippen LogP contribution in [0.15, 0.2) is 36.0 Å². The molecule has 0 saturated heterocycles. The second kappa shape index (κ2) is 11.5. The van der Waals surface area contributed by atoms with Crippen molar-refractivity contribution in [2.75, 3.05) is 13.2 Å². The number of carbonyl (C=O) groups is 4. The number of ether oxygens (including phenoxy) is 3. The molecule has 0 saturated carbocycles. The lowest BCUT2D eigenvalue weighted by molar-refractivity contribution is -0.141. The van der Waals surface area contributed by atoms with Crippen molar-refractivity contribution in [1.29, 1.82) is 0 Å². The second-order valence-electron chi connectivity index (χ2n) is 6.65. The molecule has 0 aliphatic heterocycles. The smallest absolute Gasteiger partial charge is 0.355 e. The summed E-state index contributed by atoms with van der Waals surface area (Å²) in [4.78, 5) is 51.7. The topological polar surface area (TPSA) is 124 Å². The number of carbonyl (C=O) groups excluding carboxylic acids is 4. The van der Waals surface area contributed by atoms with Gasteiger partial charge in [0.05, 0.1) is 24.5 Å². The van der Waals surface area contributed by atoms with Crippen molar-refractivity contribution in [2.45, 2.75) is 34.3 Å². The van der Waals surface area contributed by atoms with Crippen LogP contribution in [-0.4, -0.2) is 42.0 Å². The molecule has 0 spiro atoms. The Hall–Kier alpha value is -3.88. The van der Waals surface area contributed by atoms with Gasteiger partial charge in [-0.1, -0.05) is 30.3 Å². The Labute approximate surface area is 185 Å². The average Bonchev–Trinajstić information content (AvgIpc) is 3.08. The fourth-order valence-corrected chi connectivity index (χ4v) is 2.92. The highest BCUT2D eigenvalue weighted by Gasteiger charge is 2.26. The zero-order valence-electron chi connectivity index (χ0n) is 18.4. The summed E-state index contributed by atoms with van der Waals surface area (Å²) in [6.07, 6.45) is 1.47. The largest absolute Gasteiger partial charge is 0.462 e. The monoisotopic (exact) mass is 442 g/mol. The van der Waals surface area contributed by atoms with Crippen molar-refractivity contribution < 1.29 is 33.4 Å². The molecule has 9 heteroatoms. The van der Waals surface area contributed by atoms with Crippen LogP contribution in [-0.2, 0) is 30.4 Å². The minimum absolute atomic E-state index is 0.0721. The van der Waals surface area contributed by atoms with Gasteiger partial charge in [-0.05, 0) is 38.0 Å². The molecule has 2 rings (SSSR count). The standard InChI is InChI=1S/C23H26N2O7/c1-5-30-22(28)19-14(3)20(23(29)31-6-2)25-18(19)13-32-21(27)17(24-15(4)26)12-16-10-8-7-9-11-16/h7-12,25H,5-6,13H2,1-4H3,(H,24,26)/b17-12-. The van der Waals surface area contributed by atoms with Gasteiger partial charge in [0, 0.05) is 6.92 Å². The molecule has 1 aromatic carbocycles. The third kappa shape index (κ3) is 6.31. The van der Waals surface area contributed by atoms with E-state index in [4.69, 9.17) is 14.2 Å². The average molecular weight is 442 g/mol. The summed E-state index contributed by atoms with van der Waals surface area (Å²) in [6, 6.07) is 8.90. The number of esters is 3. The van der Waals surface area contributed by atoms with Gasteiger partial charge in [0.15, 0.2) is 0 Å². The maximum atomic E-state index is 12.7. The molecule has 32 heavy (non-hydrogen) atoms. The molecule has 0 atom stereocenters. The van der Waals surface area contributed by atoms with Gasteiger partial charge in [-0.25, -0.2) is 14.4 Å². The number of rotatable bonds is 9. The van der Waals surface area contributed by atoms with Crippen molar-refractivity contribution in [2.24, 2.45) is 0 Å². The van der Waals surface area contributed by atoms with Gasteiger partial charge >= 0.3 is 17.9 Å². The first-order valence-corrected chi connectivity index (χ1v) is 10.1. The lowest BCUT2D eigenvalue weighted by Crippen LogP contribution is -2.26. The fourth-order valence-electron chi connectivity index (χ4n) is 2.92. The third-order valence-electron chi connectivity index (χ3n) is 4.28. The van der Waals surface area contributed by atoms with Crippen LogP contribution in [0.3, 0.4) is 0 Å². The van der Waals surface area contributed by atoms with Crippen LogP contribution in [0.2, 0.25) is 0 Å². The number of benzene rings is 1. The summed E-state index contributed by atoms with van der Waals surface area (Å²) >= 11 is 0. The minimum Gasteiger partial charge on any atom is -0.462 e. The number of hydrogen-bond acceptors (Lipinski definition) is 7. The first-order chi connectivity index (χ1) is 15.3. The van der Waals surface area contributed by atoms with Gasteiger partial charge in [-0.2, -0.15) is 0 Å². The number of amides is 1. The summed E-state index contributed by atoms with van der Waals surface area (Å²) in [6.45, 7) is 6.07. The van der Waals surface area contributed by atoms with Crippen molar-refractivity contribution in [3.8, 4) is 0 Å². The van der Waals surface area contributed by atoms with E-state index in [1.165, 1.54) is 13.0 Å². The summed E-state index contributed by atoms with van der Waals surface area (Å²) in [5, 5.41) is 2.45. The van der Waals surface area contributed by atoms with Crippen molar-refractivity contribution in [3.05, 3.63) is 64.1 Å². The Morgan fingerprint density at radius 1 is 0.969 bits per heavy atom. The normalized spacial score (nSPS) is 10.9. The molecule has 170 valence electrons. The van der Waals surface area contributed by atoms with Crippen LogP contribution in [0.4, 0.5) is 0 Å². The van der Waals surface area contributed by atoms with Crippen molar-refractivity contribution >= 4 is 29.9 Å². The summed E-state index contributed by atoms with van der Waals surface area (Å²) in [5.41, 5.74) is 1.28. The number of aromatic amines is 1. The highest BCUT2D eigenvalue weighted by atomic mass is 16.5. The third-order valence-corrected chi connectivity index (χ3v) is 4.28. The molecule has 1 amide bonds. The van der Waals surface area contributed by atoms with Crippen LogP contribution in [0.25, 0.3) is 6.08 Å². The lowest BCUT2D eigenvalue weighted by Gasteiger charge is -2.10. The summed E-state index contributed by atoms with van der Waals surface area (Å²) in [5.74, 6) is -2.57. The molecule has 0 aliphatic rings. The van der Waals surface area contributed by atoms with Crippen LogP contribution in [0, 0.1) is 6.92 Å². The molecule has 9 nitrogen and oxygen atoms in total. The molecule has 0 unspecified atom stereocenters. The van der Waals surface area contributed by atoms with Gasteiger partial charge in [-0.3, -0.25) is 4.79 Å². The SMILES string of the molecule is CCOC(=O)c1[nH]c(COC(=O)/C(=C/c2ccccc2)NC(C)=O)c(C(=O)OCC)c1C. The predicted octanol–water partition coefficient (Wildman–Crippen LogP) is 2.90. The lowest BCUT2D eigenvalue weighted by atomic mass is 10.1. The zero-order valence-corrected chi connectivity index (χ0v) is 18.4. The van der Waals surface area contributed by atoms with Crippen molar-refractivity contribution in [1.82, 2.24) is 10.3 Å². The molecule has 1 aromatic heterocycles. The number of H-pyrrole nitrogens is 1. The molecular formula is C23H26N2O7. The number of hydrogen-bond donors (Lipinski definition) is 2. The fraction of sp³-hybridized carbons (Fsp3) is 0.304. The maximum Gasteiger partial charge on any atom is 0.355 e. The van der Waals surface area contributed by atoms with E-state index in [1.54, 1.807) is 45.0 Å². The quantitative estimate of drug-likeness (QED) is 0.348. The highest BCUT2D eigenvalue weighted by molar-refractivity contribution is 5.99. The van der Waals surface area contributed by atoms with E-state index in [0.717, 1.165) is 0 Å². The minimum atomic E-state index is -0.816. The van der Waals surface area contributed by atoms with Crippen LogP contribution >= 0.6 is 0 Å². The van der Waals surface area contributed by atoms with Crippen LogP contribution < -0.4 is 5.32 Å². The van der Waals surface area contributed by atoms with E-state index in [9.17, 15) is 19.2 Å². The summed E-state index contributed by atoms with van der Waals surface area (Å²) in [7, 11) is 0. The number of nitrogens with one attached hydrogen (secondary N) is 2. The summed E-state index contributed by atoms with van der Waals surface area (Å²) < 4.78 is 15.4. The Morgan fingerprint density at radius 3 is 2.19 bits per heavy atom. The van der Waals surface area contributed by atoms with Gasteiger partial charge in [-0.15, -0.1) is 0 Å². The Morgan fingerprint density at radius 2 is 1.59 bits per heavy atom. The van der Waals surface area contributed by atoms with Gasteiger partial charge in [0.25, 0.3) is 0 Å². The van der Waals surface area contributed by atoms with E-state index < -0.39 is 23.8 Å². The molecular weight excluding hydrogens is 416 g/mol. The zero-order chi connectivity index (χ0) is 23.7. The highest BCUT2D eigenvalue weighted by Crippen LogP contribution is 2.22.